The minimum atomic E-state index is -1.62. The zero-order valence-electron chi connectivity index (χ0n) is 45.2. The molecule has 0 bridgehead atoms. The van der Waals surface area contributed by atoms with Crippen LogP contribution in [0.3, 0.4) is 0 Å². The first-order valence-electron chi connectivity index (χ1n) is 27.0. The van der Waals surface area contributed by atoms with Crippen molar-refractivity contribution in [2.75, 3.05) is 19.8 Å². The maximum absolute atomic E-state index is 13.3. The maximum Gasteiger partial charge on any atom is 0.303 e. The van der Waals surface area contributed by atoms with Crippen molar-refractivity contribution in [1.82, 2.24) is 0 Å². The molecule has 5 aliphatic rings. The van der Waals surface area contributed by atoms with Gasteiger partial charge in [0.15, 0.2) is 49.6 Å². The second kappa shape index (κ2) is 27.5. The zero-order valence-corrected chi connectivity index (χ0v) is 45.2. The molecule has 0 aliphatic carbocycles. The molecule has 5 aromatic carbocycles. The van der Waals surface area contributed by atoms with Crippen molar-refractivity contribution in [3.05, 3.63) is 179 Å². The van der Waals surface area contributed by atoms with Gasteiger partial charge in [-0.1, -0.05) is 152 Å². The van der Waals surface area contributed by atoms with Crippen LogP contribution in [0.4, 0.5) is 0 Å². The fourth-order valence-corrected chi connectivity index (χ4v) is 10.5. The van der Waals surface area contributed by atoms with Gasteiger partial charge in [-0.3, -0.25) is 19.2 Å². The molecule has 0 N–H and O–H groups in total. The molecule has 5 saturated heterocycles. The van der Waals surface area contributed by atoms with Crippen LogP contribution in [0.15, 0.2) is 152 Å². The van der Waals surface area contributed by atoms with Crippen molar-refractivity contribution >= 4 is 23.9 Å². The van der Waals surface area contributed by atoms with Gasteiger partial charge in [-0.05, 0) is 16.7 Å². The van der Waals surface area contributed by atoms with Gasteiger partial charge in [-0.15, -0.1) is 0 Å². The smallest absolute Gasteiger partial charge is 0.303 e. The quantitative estimate of drug-likeness (QED) is 0.0572. The molecule has 17 atom stereocenters. The second-order valence-corrected chi connectivity index (χ2v) is 20.0. The third-order valence-corrected chi connectivity index (χ3v) is 14.0. The first-order valence-corrected chi connectivity index (χ1v) is 27.0. The van der Waals surface area contributed by atoms with E-state index in [1.165, 1.54) is 27.7 Å². The molecular formula is C61H66O20. The van der Waals surface area contributed by atoms with Gasteiger partial charge in [0.25, 0.3) is 0 Å². The normalized spacial score (nSPS) is 31.8. The molecule has 5 fully saturated rings. The second-order valence-electron chi connectivity index (χ2n) is 20.0. The predicted octanol–water partition coefficient (Wildman–Crippen LogP) is 6.91. The summed E-state index contributed by atoms with van der Waals surface area (Å²) in [4.78, 5) is 52.7. The van der Waals surface area contributed by atoms with Gasteiger partial charge in [0.05, 0.1) is 39.6 Å². The van der Waals surface area contributed by atoms with E-state index in [2.05, 4.69) is 0 Å². The summed E-state index contributed by atoms with van der Waals surface area (Å²) in [6, 6.07) is 46.8. The van der Waals surface area contributed by atoms with Gasteiger partial charge in [-0.2, -0.15) is 0 Å². The van der Waals surface area contributed by atoms with Crippen molar-refractivity contribution in [3.63, 3.8) is 0 Å². The number of rotatable bonds is 20. The molecule has 430 valence electrons. The van der Waals surface area contributed by atoms with E-state index in [4.69, 9.17) is 75.8 Å². The number of benzene rings is 5. The average Bonchev–Trinajstić information content (AvgIpc) is 3.62. The first-order chi connectivity index (χ1) is 39.4. The van der Waals surface area contributed by atoms with Crippen LogP contribution in [-0.2, 0) is 115 Å². The Labute approximate surface area is 468 Å². The first kappa shape index (κ1) is 57.7. The summed E-state index contributed by atoms with van der Waals surface area (Å²) in [6.07, 6.45) is -21.1. The molecule has 5 aromatic rings. The Kier molecular flexibility index (Phi) is 19.6. The summed E-state index contributed by atoms with van der Waals surface area (Å²) >= 11 is 0. The molecule has 5 heterocycles. The Bertz CT molecular complexity index is 2800. The molecule has 10 rings (SSSR count). The van der Waals surface area contributed by atoms with E-state index in [0.717, 1.165) is 16.7 Å². The number of fused-ring (bicyclic) bond motifs is 2. The van der Waals surface area contributed by atoms with Crippen molar-refractivity contribution in [2.45, 2.75) is 152 Å². The van der Waals surface area contributed by atoms with Gasteiger partial charge >= 0.3 is 23.9 Å². The lowest BCUT2D eigenvalue weighted by molar-refractivity contribution is -0.422. The molecule has 0 spiro atoms. The summed E-state index contributed by atoms with van der Waals surface area (Å²) in [6.45, 7) is 4.82. The third kappa shape index (κ3) is 14.8. The molecule has 81 heavy (non-hydrogen) atoms. The van der Waals surface area contributed by atoms with Gasteiger partial charge < -0.3 is 75.8 Å². The van der Waals surface area contributed by atoms with Crippen LogP contribution < -0.4 is 0 Å². The molecule has 20 nitrogen and oxygen atoms in total. The molecule has 0 saturated carbocycles. The van der Waals surface area contributed by atoms with Crippen LogP contribution in [-0.4, -0.2) is 136 Å². The van der Waals surface area contributed by atoms with Gasteiger partial charge in [0.1, 0.15) is 48.8 Å². The van der Waals surface area contributed by atoms with Crippen LogP contribution in [0, 0.1) is 0 Å². The Hall–Kier alpha value is -6.50. The number of esters is 4. The highest BCUT2D eigenvalue weighted by Gasteiger charge is 2.60. The average molecular weight is 1120 g/mol. The Morgan fingerprint density at radius 1 is 0.395 bits per heavy atom. The highest BCUT2D eigenvalue weighted by Crippen LogP contribution is 2.42. The largest absolute Gasteiger partial charge is 0.455 e. The van der Waals surface area contributed by atoms with Crippen LogP contribution in [0.1, 0.15) is 68.1 Å². The van der Waals surface area contributed by atoms with Crippen molar-refractivity contribution < 1.29 is 95.0 Å². The van der Waals surface area contributed by atoms with Gasteiger partial charge in [0.2, 0.25) is 6.29 Å². The number of carbonyl (C=O) groups is 4. The molecule has 5 aliphatic heterocycles. The van der Waals surface area contributed by atoms with Crippen LogP contribution in [0.5, 0.6) is 0 Å². The summed E-state index contributed by atoms with van der Waals surface area (Å²) in [7, 11) is 0. The fourth-order valence-electron chi connectivity index (χ4n) is 10.5. The fraction of sp³-hybridized carbons (Fsp3) is 0.443. The molecular weight excluding hydrogens is 1050 g/mol. The summed E-state index contributed by atoms with van der Waals surface area (Å²) in [5.74, 6) is -2.95. The maximum atomic E-state index is 13.3. The Balaban J connectivity index is 1.06. The minimum Gasteiger partial charge on any atom is -0.455 e. The van der Waals surface area contributed by atoms with E-state index in [9.17, 15) is 19.2 Å². The summed E-state index contributed by atoms with van der Waals surface area (Å²) in [5.41, 5.74) is 3.85. The SMILES string of the molecule is CC(=O)O[C@@H]1[C@@H](OC(C)=O)[C@H](O[C@@H]2O[C@H](COCc3ccccc3)[C@@H](OCc3ccccc3)[C@H](OCc3ccccc3)[C@@H]2O[C@@H]2O[C@@H]3COC(c4ccccc4)O[C@H]3[C@H](OC(C)=O)[C@H]2OC(C)=O)O[C@@H]2COC(c3ccccc3)O[C@@H]12. The highest BCUT2D eigenvalue weighted by atomic mass is 16.8. The number of hydrogen-bond acceptors (Lipinski definition) is 20. The minimum absolute atomic E-state index is 0.00532. The number of ether oxygens (including phenoxy) is 16. The van der Waals surface area contributed by atoms with Crippen LogP contribution >= 0.6 is 0 Å². The van der Waals surface area contributed by atoms with Crippen LogP contribution in [0.25, 0.3) is 0 Å². The van der Waals surface area contributed by atoms with Crippen molar-refractivity contribution in [1.29, 1.82) is 0 Å². The van der Waals surface area contributed by atoms with E-state index in [0.29, 0.717) is 11.1 Å². The summed E-state index contributed by atoms with van der Waals surface area (Å²) < 4.78 is 105. The lowest BCUT2D eigenvalue weighted by Crippen LogP contribution is -2.69. The molecule has 2 unspecified atom stereocenters. The van der Waals surface area contributed by atoms with E-state index in [1.807, 2.05) is 152 Å². The van der Waals surface area contributed by atoms with Crippen molar-refractivity contribution in [2.24, 2.45) is 0 Å². The molecule has 0 aromatic heterocycles. The molecule has 0 radical (unpaired) electrons. The Morgan fingerprint density at radius 3 is 1.20 bits per heavy atom. The van der Waals surface area contributed by atoms with E-state index >= 15 is 0 Å². The lowest BCUT2D eigenvalue weighted by Gasteiger charge is -2.52. The summed E-state index contributed by atoms with van der Waals surface area (Å²) in [5, 5.41) is 0. The van der Waals surface area contributed by atoms with Crippen molar-refractivity contribution in [3.8, 4) is 0 Å². The molecule has 0 amide bonds. The highest BCUT2D eigenvalue weighted by molar-refractivity contribution is 5.68. The van der Waals surface area contributed by atoms with Gasteiger partial charge in [-0.25, -0.2) is 0 Å². The number of carbonyl (C=O) groups excluding carboxylic acids is 4. The van der Waals surface area contributed by atoms with E-state index in [1.54, 1.807) is 0 Å². The standard InChI is InChI=1S/C61H66O20/c1-36(62)71-52-49-46(34-69-57(78-49)43-26-16-8-17-27-43)76-59(55(52)73-38(3)64)80-54-51(68-32-42-24-14-7-15-25-42)48(67-31-41-22-12-6-13-23-41)45(33-66-30-40-20-10-5-11-21-40)75-60(54)81-61-56(74-39(4)65)53(72-37(2)63)50-47(77-61)35-70-58(79-50)44-28-18-9-19-29-44/h5-29,45-61H,30-35H2,1-4H3/t45-,46-,47-,48-,49-,50-,51+,52+,53+,54+,55-,56-,57?,58?,59+,60+,61+/m1/s1. The third-order valence-electron chi connectivity index (χ3n) is 14.0. The van der Waals surface area contributed by atoms with E-state index in [-0.39, 0.29) is 39.6 Å². The van der Waals surface area contributed by atoms with Crippen LogP contribution in [0.2, 0.25) is 0 Å². The van der Waals surface area contributed by atoms with Gasteiger partial charge in [0, 0.05) is 38.8 Å². The predicted molar refractivity (Wildman–Crippen MR) is 280 cm³/mol. The zero-order chi connectivity index (χ0) is 56.2. The Morgan fingerprint density at radius 2 is 0.765 bits per heavy atom. The van der Waals surface area contributed by atoms with E-state index < -0.39 is 129 Å². The molecule has 20 heteroatoms. The topological polar surface area (TPSA) is 216 Å². The number of hydrogen-bond donors (Lipinski definition) is 0. The monoisotopic (exact) mass is 1120 g/mol. The lowest BCUT2D eigenvalue weighted by atomic mass is 9.95.